The van der Waals surface area contributed by atoms with Crippen LogP contribution in [0.25, 0.3) is 0 Å². The molecule has 1 fully saturated rings. The van der Waals surface area contributed by atoms with E-state index in [4.69, 9.17) is 5.11 Å². The lowest BCUT2D eigenvalue weighted by Crippen LogP contribution is -2.38. The molecule has 3 nitrogen and oxygen atoms in total. The van der Waals surface area contributed by atoms with Crippen LogP contribution in [0.3, 0.4) is 0 Å². The Labute approximate surface area is 66.8 Å². The highest BCUT2D eigenvalue weighted by Gasteiger charge is 2.44. The molecular weight excluding hydrogens is 142 g/mol. The Morgan fingerprint density at radius 1 is 1.55 bits per heavy atom. The normalized spacial score (nSPS) is 30.1. The second-order valence-corrected chi connectivity index (χ2v) is 4.18. The molecule has 0 heterocycles. The van der Waals surface area contributed by atoms with Crippen molar-refractivity contribution < 1.29 is 9.90 Å². The van der Waals surface area contributed by atoms with Crippen molar-refractivity contribution in [3.63, 3.8) is 0 Å². The lowest BCUT2D eigenvalue weighted by atomic mass is 10.1. The summed E-state index contributed by atoms with van der Waals surface area (Å²) in [5.74, 6) is -0.819. The first-order chi connectivity index (χ1) is 4.90. The monoisotopic (exact) mass is 157 g/mol. The van der Waals surface area contributed by atoms with Crippen molar-refractivity contribution in [2.45, 2.75) is 38.8 Å². The first-order valence-electron chi connectivity index (χ1n) is 3.90. The van der Waals surface area contributed by atoms with Gasteiger partial charge in [0.1, 0.15) is 0 Å². The second kappa shape index (κ2) is 2.48. The molecule has 3 heteroatoms. The molecule has 1 aliphatic carbocycles. The van der Waals surface area contributed by atoms with Crippen LogP contribution in [0.4, 0.5) is 0 Å². The maximum absolute atomic E-state index is 10.4. The van der Waals surface area contributed by atoms with Gasteiger partial charge in [0.25, 0.3) is 0 Å². The summed E-state index contributed by atoms with van der Waals surface area (Å²) in [6, 6.07) is 0.201. The molecule has 0 aromatic heterocycles. The van der Waals surface area contributed by atoms with E-state index in [-0.39, 0.29) is 17.5 Å². The van der Waals surface area contributed by atoms with Crippen LogP contribution >= 0.6 is 0 Å². The minimum absolute atomic E-state index is 0.0366. The van der Waals surface area contributed by atoms with E-state index in [9.17, 15) is 4.79 Å². The maximum atomic E-state index is 10.4. The van der Waals surface area contributed by atoms with Crippen LogP contribution in [-0.4, -0.2) is 22.7 Å². The van der Waals surface area contributed by atoms with E-state index in [1.807, 2.05) is 20.8 Å². The number of rotatable bonds is 2. The number of carbonyl (C=O) groups is 1. The molecule has 64 valence electrons. The highest BCUT2D eigenvalue weighted by molar-refractivity contribution is 5.74. The van der Waals surface area contributed by atoms with E-state index < -0.39 is 5.97 Å². The lowest BCUT2D eigenvalue weighted by molar-refractivity contribution is -0.138. The van der Waals surface area contributed by atoms with Crippen molar-refractivity contribution in [2.24, 2.45) is 5.92 Å². The summed E-state index contributed by atoms with van der Waals surface area (Å²) in [7, 11) is 0. The van der Waals surface area contributed by atoms with E-state index in [1.54, 1.807) is 0 Å². The molecule has 2 unspecified atom stereocenters. The molecule has 1 aliphatic rings. The maximum Gasteiger partial charge on any atom is 0.308 e. The molecule has 0 aromatic carbocycles. The molecule has 2 N–H and O–H groups in total. The summed E-state index contributed by atoms with van der Waals surface area (Å²) in [4.78, 5) is 10.4. The predicted octanol–water partition coefficient (Wildman–Crippen LogP) is 0.848. The minimum Gasteiger partial charge on any atom is -0.481 e. The topological polar surface area (TPSA) is 49.3 Å². The Bertz CT molecular complexity index is 171. The summed E-state index contributed by atoms with van der Waals surface area (Å²) in [5.41, 5.74) is 0.0366. The number of carboxylic acid groups (broad SMARTS) is 1. The van der Waals surface area contributed by atoms with Gasteiger partial charge in [-0.2, -0.15) is 0 Å². The second-order valence-electron chi connectivity index (χ2n) is 4.18. The lowest BCUT2D eigenvalue weighted by Gasteiger charge is -2.20. The fourth-order valence-corrected chi connectivity index (χ4v) is 1.18. The molecule has 11 heavy (non-hydrogen) atoms. The standard InChI is InChI=1S/C8H15NO2/c1-8(2,3)9-6-4-5(6)7(10)11/h5-6,9H,4H2,1-3H3,(H,10,11). The van der Waals surface area contributed by atoms with Crippen LogP contribution in [0.15, 0.2) is 0 Å². The Balaban J connectivity index is 2.29. The number of nitrogens with one attached hydrogen (secondary N) is 1. The third-order valence-corrected chi connectivity index (χ3v) is 1.73. The Hall–Kier alpha value is -0.570. The van der Waals surface area contributed by atoms with Crippen molar-refractivity contribution in [3.8, 4) is 0 Å². The summed E-state index contributed by atoms with van der Waals surface area (Å²) in [5, 5.41) is 11.8. The average molecular weight is 157 g/mol. The third-order valence-electron chi connectivity index (χ3n) is 1.73. The van der Waals surface area contributed by atoms with Crippen LogP contribution in [0.2, 0.25) is 0 Å². The SMILES string of the molecule is CC(C)(C)NC1CC1C(=O)O. The number of hydrogen-bond donors (Lipinski definition) is 2. The minimum atomic E-state index is -0.674. The highest BCUT2D eigenvalue weighted by atomic mass is 16.4. The van der Waals surface area contributed by atoms with Crippen molar-refractivity contribution in [1.82, 2.24) is 5.32 Å². The van der Waals surface area contributed by atoms with Gasteiger partial charge in [-0.15, -0.1) is 0 Å². The zero-order valence-electron chi connectivity index (χ0n) is 7.22. The van der Waals surface area contributed by atoms with Crippen molar-refractivity contribution in [2.75, 3.05) is 0 Å². The van der Waals surface area contributed by atoms with Gasteiger partial charge < -0.3 is 10.4 Å². The quantitative estimate of drug-likeness (QED) is 0.624. The smallest absolute Gasteiger partial charge is 0.308 e. The van der Waals surface area contributed by atoms with E-state index >= 15 is 0 Å². The predicted molar refractivity (Wildman–Crippen MR) is 42.4 cm³/mol. The van der Waals surface area contributed by atoms with Gasteiger partial charge in [0.2, 0.25) is 0 Å². The van der Waals surface area contributed by atoms with Crippen LogP contribution in [-0.2, 0) is 4.79 Å². The first kappa shape index (κ1) is 8.53. The molecule has 0 radical (unpaired) electrons. The van der Waals surface area contributed by atoms with Gasteiger partial charge >= 0.3 is 5.97 Å². The molecule has 1 saturated carbocycles. The zero-order chi connectivity index (χ0) is 8.65. The van der Waals surface area contributed by atoms with Gasteiger partial charge in [0.05, 0.1) is 5.92 Å². The van der Waals surface area contributed by atoms with Gasteiger partial charge in [0, 0.05) is 11.6 Å². The third kappa shape index (κ3) is 2.50. The number of hydrogen-bond acceptors (Lipinski definition) is 2. The fourth-order valence-electron chi connectivity index (χ4n) is 1.18. The van der Waals surface area contributed by atoms with Gasteiger partial charge in [-0.3, -0.25) is 4.79 Å². The van der Waals surface area contributed by atoms with E-state index in [2.05, 4.69) is 5.32 Å². The van der Waals surface area contributed by atoms with Crippen LogP contribution in [0, 0.1) is 5.92 Å². The van der Waals surface area contributed by atoms with Crippen molar-refractivity contribution >= 4 is 5.97 Å². The molecule has 0 aliphatic heterocycles. The van der Waals surface area contributed by atoms with Gasteiger partial charge in [-0.25, -0.2) is 0 Å². The van der Waals surface area contributed by atoms with E-state index in [0.717, 1.165) is 6.42 Å². The Kier molecular flexibility index (Phi) is 1.92. The molecule has 0 saturated heterocycles. The molecule has 0 spiro atoms. The van der Waals surface area contributed by atoms with Crippen molar-refractivity contribution in [1.29, 1.82) is 0 Å². The molecular formula is C8H15NO2. The van der Waals surface area contributed by atoms with Gasteiger partial charge in [-0.1, -0.05) is 0 Å². The molecule has 0 bridgehead atoms. The number of carboxylic acids is 1. The number of aliphatic carboxylic acids is 1. The van der Waals surface area contributed by atoms with Crippen LogP contribution in [0.5, 0.6) is 0 Å². The average Bonchev–Trinajstić information content (AvgIpc) is 2.40. The first-order valence-corrected chi connectivity index (χ1v) is 3.90. The fraction of sp³-hybridized carbons (Fsp3) is 0.875. The summed E-state index contributed by atoms with van der Waals surface area (Å²) >= 11 is 0. The molecule has 1 rings (SSSR count). The highest BCUT2D eigenvalue weighted by Crippen LogP contribution is 2.31. The Morgan fingerprint density at radius 3 is 2.36 bits per heavy atom. The van der Waals surface area contributed by atoms with Crippen LogP contribution < -0.4 is 5.32 Å². The summed E-state index contributed by atoms with van der Waals surface area (Å²) in [6.45, 7) is 6.14. The largest absolute Gasteiger partial charge is 0.481 e. The molecule has 0 amide bonds. The molecule has 2 atom stereocenters. The Morgan fingerprint density at radius 2 is 2.09 bits per heavy atom. The van der Waals surface area contributed by atoms with Gasteiger partial charge in [-0.05, 0) is 27.2 Å². The zero-order valence-corrected chi connectivity index (χ0v) is 7.22. The van der Waals surface area contributed by atoms with Crippen LogP contribution in [0.1, 0.15) is 27.2 Å². The van der Waals surface area contributed by atoms with E-state index in [1.165, 1.54) is 0 Å². The van der Waals surface area contributed by atoms with Gasteiger partial charge in [0.15, 0.2) is 0 Å². The van der Waals surface area contributed by atoms with Crippen molar-refractivity contribution in [3.05, 3.63) is 0 Å². The molecule has 0 aromatic rings. The van der Waals surface area contributed by atoms with E-state index in [0.29, 0.717) is 0 Å². The summed E-state index contributed by atoms with van der Waals surface area (Å²) in [6.07, 6.45) is 0.784. The summed E-state index contributed by atoms with van der Waals surface area (Å²) < 4.78 is 0.